The van der Waals surface area contributed by atoms with Crippen LogP contribution in [0.5, 0.6) is 0 Å². The molecule has 1 saturated heterocycles. The van der Waals surface area contributed by atoms with Crippen LogP contribution < -0.4 is 0 Å². The summed E-state index contributed by atoms with van der Waals surface area (Å²) in [7, 11) is 0. The van der Waals surface area contributed by atoms with Crippen LogP contribution in [-0.2, 0) is 16.7 Å². The van der Waals surface area contributed by atoms with E-state index in [4.69, 9.17) is 4.74 Å². The third kappa shape index (κ3) is 4.42. The van der Waals surface area contributed by atoms with E-state index in [-0.39, 0.29) is 11.5 Å². The van der Waals surface area contributed by atoms with Crippen LogP contribution >= 0.6 is 11.3 Å². The highest BCUT2D eigenvalue weighted by atomic mass is 32.1. The number of rotatable bonds is 6. The Morgan fingerprint density at radius 2 is 1.97 bits per heavy atom. The summed E-state index contributed by atoms with van der Waals surface area (Å²) in [6.07, 6.45) is 9.29. The van der Waals surface area contributed by atoms with E-state index >= 15 is 0 Å². The Morgan fingerprint density at radius 1 is 1.17 bits per heavy atom. The molecule has 0 spiro atoms. The molecule has 2 saturated carbocycles. The van der Waals surface area contributed by atoms with Gasteiger partial charge in [0.15, 0.2) is 0 Å². The minimum absolute atomic E-state index is 0.0255. The van der Waals surface area contributed by atoms with Crippen molar-refractivity contribution in [3.05, 3.63) is 28.5 Å². The zero-order chi connectivity index (χ0) is 20.0. The second-order valence-electron chi connectivity index (χ2n) is 10.3. The summed E-state index contributed by atoms with van der Waals surface area (Å²) in [5.74, 6) is 2.23. The zero-order valence-corrected chi connectivity index (χ0v) is 18.6. The maximum Gasteiger partial charge on any atom is 0.107 e. The molecule has 6 nitrogen and oxygen atoms in total. The average Bonchev–Trinajstić information content (AvgIpc) is 3.07. The smallest absolute Gasteiger partial charge is 0.107 e. The van der Waals surface area contributed by atoms with Gasteiger partial charge in [-0.15, -0.1) is 16.4 Å². The van der Waals surface area contributed by atoms with Crippen LogP contribution in [0.25, 0.3) is 0 Å². The Labute approximate surface area is 177 Å². The molecule has 0 amide bonds. The van der Waals surface area contributed by atoms with E-state index in [0.29, 0.717) is 12.0 Å². The van der Waals surface area contributed by atoms with Crippen LogP contribution in [0.1, 0.15) is 63.2 Å². The predicted octanol–water partition coefficient (Wildman–Crippen LogP) is 3.91. The number of thiazole rings is 1. The van der Waals surface area contributed by atoms with E-state index < -0.39 is 0 Å². The minimum atomic E-state index is 0.0255. The lowest BCUT2D eigenvalue weighted by Gasteiger charge is -2.37. The summed E-state index contributed by atoms with van der Waals surface area (Å²) in [5, 5.41) is 12.4. The molecule has 3 aliphatic rings. The van der Waals surface area contributed by atoms with Crippen LogP contribution in [-0.4, -0.2) is 50.7 Å². The number of likely N-dealkylation sites (tertiary alicyclic amines) is 1. The highest BCUT2D eigenvalue weighted by molar-refractivity contribution is 7.09. The van der Waals surface area contributed by atoms with Crippen LogP contribution in [0.15, 0.2) is 17.8 Å². The Morgan fingerprint density at radius 3 is 2.62 bits per heavy atom. The molecule has 1 aliphatic heterocycles. The quantitative estimate of drug-likeness (QED) is 0.716. The van der Waals surface area contributed by atoms with Crippen molar-refractivity contribution in [2.75, 3.05) is 19.7 Å². The number of fused-ring (bicyclic) bond motifs is 1. The van der Waals surface area contributed by atoms with Crippen molar-refractivity contribution in [3.8, 4) is 0 Å². The molecule has 3 heterocycles. The second-order valence-corrected chi connectivity index (χ2v) is 11.3. The summed E-state index contributed by atoms with van der Waals surface area (Å²) < 4.78 is 8.62. The molecule has 7 heteroatoms. The Bertz CT molecular complexity index is 810. The second kappa shape index (κ2) is 7.75. The first kappa shape index (κ1) is 19.6. The van der Waals surface area contributed by atoms with Crippen molar-refractivity contribution in [3.63, 3.8) is 0 Å². The van der Waals surface area contributed by atoms with Crippen molar-refractivity contribution in [2.24, 2.45) is 17.8 Å². The Hall–Kier alpha value is -1.31. The number of nitrogens with zero attached hydrogens (tertiary/aromatic N) is 5. The average molecular weight is 416 g/mol. The van der Waals surface area contributed by atoms with E-state index in [1.807, 2.05) is 6.20 Å². The van der Waals surface area contributed by atoms with E-state index in [2.05, 4.69) is 57.2 Å². The Balaban J connectivity index is 1.31. The largest absolute Gasteiger partial charge is 0.376 e. The van der Waals surface area contributed by atoms with Gasteiger partial charge in [-0.2, -0.15) is 0 Å². The molecule has 0 unspecified atom stereocenters. The summed E-state index contributed by atoms with van der Waals surface area (Å²) in [4.78, 5) is 7.08. The van der Waals surface area contributed by atoms with Gasteiger partial charge in [0.25, 0.3) is 0 Å². The molecule has 5 rings (SSSR count). The molecule has 0 aromatic carbocycles. The first-order chi connectivity index (χ1) is 14.0. The fraction of sp³-hybridized carbons (Fsp3) is 0.773. The van der Waals surface area contributed by atoms with Gasteiger partial charge in [0.2, 0.25) is 0 Å². The maximum absolute atomic E-state index is 6.50. The molecule has 0 N–H and O–H groups in total. The molecule has 2 aliphatic carbocycles. The molecule has 2 aromatic rings. The summed E-state index contributed by atoms with van der Waals surface area (Å²) >= 11 is 1.76. The van der Waals surface area contributed by atoms with Gasteiger partial charge in [0.05, 0.1) is 24.4 Å². The monoisotopic (exact) mass is 415 g/mol. The third-order valence-corrected chi connectivity index (χ3v) is 7.63. The summed E-state index contributed by atoms with van der Waals surface area (Å²) in [6.45, 7) is 10.8. The molecular formula is C22H33N5OS. The minimum Gasteiger partial charge on any atom is -0.376 e. The van der Waals surface area contributed by atoms with Gasteiger partial charge in [0, 0.05) is 42.9 Å². The zero-order valence-electron chi connectivity index (χ0n) is 17.8. The number of aromatic nitrogens is 4. The van der Waals surface area contributed by atoms with Crippen molar-refractivity contribution in [1.29, 1.82) is 0 Å². The van der Waals surface area contributed by atoms with Crippen LogP contribution in [0.2, 0.25) is 0 Å². The highest BCUT2D eigenvalue weighted by Gasteiger charge is 2.44. The normalized spacial score (nSPS) is 30.6. The number of ether oxygens (including phenoxy) is 1. The first-order valence-electron chi connectivity index (χ1n) is 11.1. The van der Waals surface area contributed by atoms with Crippen molar-refractivity contribution in [2.45, 2.75) is 70.6 Å². The van der Waals surface area contributed by atoms with Crippen molar-refractivity contribution < 1.29 is 4.74 Å². The van der Waals surface area contributed by atoms with E-state index in [1.165, 1.54) is 24.4 Å². The van der Waals surface area contributed by atoms with E-state index in [9.17, 15) is 0 Å². The topological polar surface area (TPSA) is 56.1 Å². The fourth-order valence-electron chi connectivity index (χ4n) is 4.92. The maximum atomic E-state index is 6.50. The molecule has 3 fully saturated rings. The van der Waals surface area contributed by atoms with Gasteiger partial charge < -0.3 is 4.74 Å². The number of hydrogen-bond donors (Lipinski definition) is 0. The lowest BCUT2D eigenvalue weighted by Crippen LogP contribution is -2.38. The van der Waals surface area contributed by atoms with Crippen molar-refractivity contribution in [1.82, 2.24) is 24.9 Å². The van der Waals surface area contributed by atoms with Crippen LogP contribution in [0, 0.1) is 17.8 Å². The van der Waals surface area contributed by atoms with Crippen molar-refractivity contribution >= 4 is 11.3 Å². The predicted molar refractivity (Wildman–Crippen MR) is 114 cm³/mol. The van der Waals surface area contributed by atoms with E-state index in [1.54, 1.807) is 11.3 Å². The number of hydrogen-bond acceptors (Lipinski definition) is 6. The van der Waals surface area contributed by atoms with Crippen LogP contribution in [0.3, 0.4) is 0 Å². The fourth-order valence-corrected chi connectivity index (χ4v) is 5.58. The Kier molecular flexibility index (Phi) is 5.25. The summed E-state index contributed by atoms with van der Waals surface area (Å²) in [6, 6.07) is 0.304. The lowest BCUT2D eigenvalue weighted by atomic mass is 9.77. The van der Waals surface area contributed by atoms with E-state index in [0.717, 1.165) is 50.1 Å². The van der Waals surface area contributed by atoms with Gasteiger partial charge >= 0.3 is 0 Å². The van der Waals surface area contributed by atoms with Crippen LogP contribution in [0.4, 0.5) is 0 Å². The third-order valence-electron chi connectivity index (χ3n) is 6.86. The molecule has 2 aromatic heterocycles. The standard InChI is InChI=1S/C22H33N5OS/c1-22(2,3)20-12-27(25-24-20)18-8-16-10-26(13-21-23-6-7-29-21)11-17(16)9-19(18)28-14-15-4-5-15/h6-7,12,15-19H,4-5,8-11,13-14H2,1-3H3/t16-,17+,18-,19-/m1/s1. The first-order valence-corrected chi connectivity index (χ1v) is 12.0. The molecule has 0 bridgehead atoms. The lowest BCUT2D eigenvalue weighted by molar-refractivity contribution is -0.0375. The molecular weight excluding hydrogens is 382 g/mol. The van der Waals surface area contributed by atoms with Gasteiger partial charge in [-0.25, -0.2) is 9.67 Å². The molecule has 4 atom stereocenters. The molecule has 158 valence electrons. The summed E-state index contributed by atoms with van der Waals surface area (Å²) in [5.41, 5.74) is 1.09. The van der Waals surface area contributed by atoms with Gasteiger partial charge in [0.1, 0.15) is 5.01 Å². The van der Waals surface area contributed by atoms with Gasteiger partial charge in [-0.1, -0.05) is 26.0 Å². The molecule has 29 heavy (non-hydrogen) atoms. The van der Waals surface area contributed by atoms with Gasteiger partial charge in [-0.3, -0.25) is 4.90 Å². The molecule has 0 radical (unpaired) electrons. The highest BCUT2D eigenvalue weighted by Crippen LogP contribution is 2.43. The SMILES string of the molecule is CC(C)(C)c1cn([C@@H]2C[C@@H]3CN(Cc4nccs4)C[C@@H]3C[C@H]2OCC2CC2)nn1. The van der Waals surface area contributed by atoms with Gasteiger partial charge in [-0.05, 0) is 43.4 Å².